The summed E-state index contributed by atoms with van der Waals surface area (Å²) in [7, 11) is 0. The van der Waals surface area contributed by atoms with Crippen molar-refractivity contribution in [1.29, 1.82) is 0 Å². The van der Waals surface area contributed by atoms with E-state index in [-0.39, 0.29) is 17.8 Å². The highest BCUT2D eigenvalue weighted by Crippen LogP contribution is 2.28. The van der Waals surface area contributed by atoms with Crippen molar-refractivity contribution in [2.45, 2.75) is 52.5 Å². The summed E-state index contributed by atoms with van der Waals surface area (Å²) in [6, 6.07) is 9.28. The van der Waals surface area contributed by atoms with E-state index < -0.39 is 0 Å². The summed E-state index contributed by atoms with van der Waals surface area (Å²) in [5.41, 5.74) is 4.95. The van der Waals surface area contributed by atoms with E-state index in [1.54, 1.807) is 13.0 Å². The molecule has 0 N–H and O–H groups in total. The Morgan fingerprint density at radius 1 is 1.21 bits per heavy atom. The molecular formula is C23H26FN3O. The number of likely N-dealkylation sites (tertiary alicyclic amines) is 1. The molecule has 0 aliphatic carbocycles. The van der Waals surface area contributed by atoms with Gasteiger partial charge in [-0.3, -0.25) is 4.79 Å². The molecule has 28 heavy (non-hydrogen) atoms. The molecule has 3 heterocycles. The number of imidazole rings is 1. The number of pyridine rings is 1. The van der Waals surface area contributed by atoms with Crippen LogP contribution in [0.1, 0.15) is 43.0 Å². The molecule has 1 fully saturated rings. The van der Waals surface area contributed by atoms with Crippen molar-refractivity contribution in [2.75, 3.05) is 6.54 Å². The summed E-state index contributed by atoms with van der Waals surface area (Å²) in [5.74, 6) is -0.0984. The summed E-state index contributed by atoms with van der Waals surface area (Å²) < 4.78 is 15.8. The number of nitrogens with zero attached hydrogens (tertiary/aromatic N) is 3. The standard InChI is InChI=1S/C23H26FN3O/c1-15-7-10-21-25-23(18-8-9-19(24)16(2)12-18)20(27(21)14-15)13-22(28)26-11-5-4-6-17(26)3/h7-10,12,14,17H,4-6,11,13H2,1-3H3. The van der Waals surface area contributed by atoms with E-state index in [0.29, 0.717) is 12.0 Å². The van der Waals surface area contributed by atoms with Gasteiger partial charge < -0.3 is 9.30 Å². The number of hydrogen-bond donors (Lipinski definition) is 0. The molecule has 1 atom stereocenters. The molecule has 2 aromatic heterocycles. The van der Waals surface area contributed by atoms with E-state index in [2.05, 4.69) is 6.92 Å². The molecule has 0 radical (unpaired) electrons. The summed E-state index contributed by atoms with van der Waals surface area (Å²) in [6.07, 6.45) is 5.61. The largest absolute Gasteiger partial charge is 0.340 e. The Balaban J connectivity index is 1.79. The average Bonchev–Trinajstić information content (AvgIpc) is 3.02. The first-order chi connectivity index (χ1) is 13.4. The lowest BCUT2D eigenvalue weighted by atomic mass is 10.0. The predicted molar refractivity (Wildman–Crippen MR) is 109 cm³/mol. The molecule has 1 aliphatic rings. The van der Waals surface area contributed by atoms with Crippen LogP contribution in [0.25, 0.3) is 16.9 Å². The normalized spacial score (nSPS) is 17.3. The van der Waals surface area contributed by atoms with Crippen LogP contribution < -0.4 is 0 Å². The third kappa shape index (κ3) is 3.41. The first-order valence-electron chi connectivity index (χ1n) is 9.97. The maximum atomic E-state index is 13.8. The van der Waals surface area contributed by atoms with Crippen molar-refractivity contribution in [2.24, 2.45) is 0 Å². The Hall–Kier alpha value is -2.69. The first-order valence-corrected chi connectivity index (χ1v) is 9.97. The van der Waals surface area contributed by atoms with Gasteiger partial charge in [-0.2, -0.15) is 0 Å². The number of fused-ring (bicyclic) bond motifs is 1. The summed E-state index contributed by atoms with van der Waals surface area (Å²) >= 11 is 0. The van der Waals surface area contributed by atoms with Gasteiger partial charge in [0.15, 0.2) is 0 Å². The minimum Gasteiger partial charge on any atom is -0.340 e. The Kier molecular flexibility index (Phi) is 4.92. The van der Waals surface area contributed by atoms with Gasteiger partial charge in [0.1, 0.15) is 11.5 Å². The molecule has 1 saturated heterocycles. The van der Waals surface area contributed by atoms with Gasteiger partial charge in [-0.25, -0.2) is 9.37 Å². The lowest BCUT2D eigenvalue weighted by Crippen LogP contribution is -2.43. The van der Waals surface area contributed by atoms with Crippen LogP contribution in [0.4, 0.5) is 4.39 Å². The first kappa shape index (κ1) is 18.7. The van der Waals surface area contributed by atoms with Crippen LogP contribution >= 0.6 is 0 Å². The maximum absolute atomic E-state index is 13.8. The number of aromatic nitrogens is 2. The molecule has 146 valence electrons. The fraction of sp³-hybridized carbons (Fsp3) is 0.391. The lowest BCUT2D eigenvalue weighted by Gasteiger charge is -2.33. The van der Waals surface area contributed by atoms with Crippen molar-refractivity contribution < 1.29 is 9.18 Å². The molecule has 1 amide bonds. The molecule has 4 rings (SSSR count). The Morgan fingerprint density at radius 2 is 2.04 bits per heavy atom. The minimum absolute atomic E-state index is 0.135. The second kappa shape index (κ2) is 7.38. The minimum atomic E-state index is -0.233. The van der Waals surface area contributed by atoms with Gasteiger partial charge in [0, 0.05) is 24.3 Å². The Labute approximate surface area is 165 Å². The number of aryl methyl sites for hydroxylation is 2. The topological polar surface area (TPSA) is 37.6 Å². The average molecular weight is 379 g/mol. The van der Waals surface area contributed by atoms with Gasteiger partial charge in [-0.15, -0.1) is 0 Å². The predicted octanol–water partition coefficient (Wildman–Crippen LogP) is 4.70. The van der Waals surface area contributed by atoms with Gasteiger partial charge in [-0.1, -0.05) is 6.07 Å². The quantitative estimate of drug-likeness (QED) is 0.661. The molecule has 3 aromatic rings. The second-order valence-electron chi connectivity index (χ2n) is 7.91. The van der Waals surface area contributed by atoms with Gasteiger partial charge >= 0.3 is 0 Å². The number of piperidine rings is 1. The molecule has 4 nitrogen and oxygen atoms in total. The number of rotatable bonds is 3. The van der Waals surface area contributed by atoms with Crippen LogP contribution in [-0.2, 0) is 11.2 Å². The molecule has 1 aromatic carbocycles. The van der Waals surface area contributed by atoms with Gasteiger partial charge in [0.2, 0.25) is 5.91 Å². The molecule has 5 heteroatoms. The third-order valence-corrected chi connectivity index (χ3v) is 5.74. The zero-order valence-corrected chi connectivity index (χ0v) is 16.7. The van der Waals surface area contributed by atoms with Gasteiger partial charge in [0.25, 0.3) is 0 Å². The third-order valence-electron chi connectivity index (χ3n) is 5.74. The number of hydrogen-bond acceptors (Lipinski definition) is 2. The Bertz CT molecular complexity index is 1040. The molecule has 0 bridgehead atoms. The Morgan fingerprint density at radius 3 is 2.79 bits per heavy atom. The zero-order valence-electron chi connectivity index (χ0n) is 16.7. The van der Waals surface area contributed by atoms with E-state index in [4.69, 9.17) is 4.98 Å². The van der Waals surface area contributed by atoms with Crippen LogP contribution in [0.3, 0.4) is 0 Å². The van der Waals surface area contributed by atoms with Gasteiger partial charge in [-0.05, 0) is 75.4 Å². The van der Waals surface area contributed by atoms with Crippen LogP contribution in [-0.4, -0.2) is 32.8 Å². The molecule has 0 saturated carbocycles. The van der Waals surface area contributed by atoms with Crippen molar-refractivity contribution in [3.8, 4) is 11.3 Å². The molecule has 1 unspecified atom stereocenters. The number of benzene rings is 1. The van der Waals surface area contributed by atoms with Gasteiger partial charge in [0.05, 0.1) is 17.8 Å². The van der Waals surface area contributed by atoms with Crippen molar-refractivity contribution in [3.63, 3.8) is 0 Å². The van der Waals surface area contributed by atoms with Crippen molar-refractivity contribution >= 4 is 11.6 Å². The van der Waals surface area contributed by atoms with Crippen LogP contribution in [0.5, 0.6) is 0 Å². The van der Waals surface area contributed by atoms with Crippen LogP contribution in [0.2, 0.25) is 0 Å². The van der Waals surface area contributed by atoms with E-state index in [1.807, 2.05) is 40.6 Å². The van der Waals surface area contributed by atoms with E-state index in [9.17, 15) is 9.18 Å². The SMILES string of the molecule is Cc1ccc2nc(-c3ccc(F)c(C)c3)c(CC(=O)N3CCCCC3C)n2c1. The number of amides is 1. The van der Waals surface area contributed by atoms with E-state index in [1.165, 1.54) is 12.5 Å². The highest BCUT2D eigenvalue weighted by Gasteiger charge is 2.26. The van der Waals surface area contributed by atoms with Crippen molar-refractivity contribution in [3.05, 3.63) is 59.2 Å². The zero-order chi connectivity index (χ0) is 19.8. The van der Waals surface area contributed by atoms with Crippen molar-refractivity contribution in [1.82, 2.24) is 14.3 Å². The second-order valence-corrected chi connectivity index (χ2v) is 7.91. The number of carbonyl (C=O) groups excluding carboxylic acids is 1. The molecule has 1 aliphatic heterocycles. The number of halogens is 1. The summed E-state index contributed by atoms with van der Waals surface area (Å²) in [4.78, 5) is 19.9. The molecular weight excluding hydrogens is 353 g/mol. The van der Waals surface area contributed by atoms with E-state index >= 15 is 0 Å². The van der Waals surface area contributed by atoms with Crippen LogP contribution in [0.15, 0.2) is 36.5 Å². The fourth-order valence-electron chi connectivity index (χ4n) is 4.11. The highest BCUT2D eigenvalue weighted by atomic mass is 19.1. The summed E-state index contributed by atoms with van der Waals surface area (Å²) in [5, 5.41) is 0. The lowest BCUT2D eigenvalue weighted by molar-refractivity contribution is -0.133. The smallest absolute Gasteiger partial charge is 0.228 e. The molecule has 0 spiro atoms. The fourth-order valence-corrected chi connectivity index (χ4v) is 4.11. The monoisotopic (exact) mass is 379 g/mol. The highest BCUT2D eigenvalue weighted by molar-refractivity contribution is 5.82. The number of carbonyl (C=O) groups is 1. The summed E-state index contributed by atoms with van der Waals surface area (Å²) in [6.45, 7) is 6.72. The van der Waals surface area contributed by atoms with E-state index in [0.717, 1.165) is 47.5 Å². The van der Waals surface area contributed by atoms with Crippen LogP contribution in [0, 0.1) is 19.7 Å². The maximum Gasteiger partial charge on any atom is 0.228 e.